The van der Waals surface area contributed by atoms with Gasteiger partial charge in [0.2, 0.25) is 0 Å². The molecular weight excluding hydrogens is 240 g/mol. The van der Waals surface area contributed by atoms with Gasteiger partial charge in [-0.1, -0.05) is 30.3 Å². The molecule has 0 aliphatic heterocycles. The molecule has 0 spiro atoms. The van der Waals surface area contributed by atoms with Gasteiger partial charge in [0.15, 0.2) is 11.5 Å². The van der Waals surface area contributed by atoms with Crippen LogP contribution in [-0.2, 0) is 6.42 Å². The van der Waals surface area contributed by atoms with E-state index in [0.29, 0.717) is 12.2 Å². The number of anilines is 1. The summed E-state index contributed by atoms with van der Waals surface area (Å²) in [7, 11) is 0. The number of nitrogens with one attached hydrogen (secondary N) is 1. The van der Waals surface area contributed by atoms with E-state index in [-0.39, 0.29) is 18.3 Å². The van der Waals surface area contributed by atoms with Gasteiger partial charge in [-0.05, 0) is 12.0 Å². The molecule has 5 heteroatoms. The lowest BCUT2D eigenvalue weighted by Crippen LogP contribution is -2.27. The zero-order valence-corrected chi connectivity index (χ0v) is 10.3. The lowest BCUT2D eigenvalue weighted by Gasteiger charge is -2.17. The topological polar surface area (TPSA) is 81.8 Å². The van der Waals surface area contributed by atoms with Gasteiger partial charge in [0, 0.05) is 12.4 Å². The van der Waals surface area contributed by atoms with Crippen molar-refractivity contribution in [1.29, 1.82) is 5.26 Å². The Balaban J connectivity index is 2.09. The maximum Gasteiger partial charge on any atom is 0.182 e. The summed E-state index contributed by atoms with van der Waals surface area (Å²) in [6.07, 6.45) is 3.63. The zero-order chi connectivity index (χ0) is 13.5. The Bertz CT molecular complexity index is 565. The van der Waals surface area contributed by atoms with Crippen molar-refractivity contribution in [2.45, 2.75) is 12.5 Å². The van der Waals surface area contributed by atoms with E-state index >= 15 is 0 Å². The first kappa shape index (κ1) is 13.0. The fraction of sp³-hybridized carbons (Fsp3) is 0.214. The summed E-state index contributed by atoms with van der Waals surface area (Å²) < 4.78 is 0. The average molecular weight is 254 g/mol. The van der Waals surface area contributed by atoms with Crippen LogP contribution in [0.15, 0.2) is 42.7 Å². The second-order valence-corrected chi connectivity index (χ2v) is 4.08. The highest BCUT2D eigenvalue weighted by atomic mass is 16.3. The number of nitrogens with zero attached hydrogens (tertiary/aromatic N) is 3. The number of rotatable bonds is 5. The minimum absolute atomic E-state index is 0.0453. The van der Waals surface area contributed by atoms with E-state index in [1.165, 1.54) is 12.4 Å². The van der Waals surface area contributed by atoms with Crippen LogP contribution in [0.5, 0.6) is 0 Å². The maximum atomic E-state index is 9.42. The van der Waals surface area contributed by atoms with Gasteiger partial charge in [-0.2, -0.15) is 5.26 Å². The van der Waals surface area contributed by atoms with Crippen molar-refractivity contribution < 1.29 is 5.11 Å². The second-order valence-electron chi connectivity index (χ2n) is 4.08. The van der Waals surface area contributed by atoms with Crippen LogP contribution in [0.1, 0.15) is 11.3 Å². The molecule has 0 saturated heterocycles. The Morgan fingerprint density at radius 1 is 1.21 bits per heavy atom. The molecule has 0 radical (unpaired) electrons. The summed E-state index contributed by atoms with van der Waals surface area (Å²) in [4.78, 5) is 8.00. The molecule has 0 saturated carbocycles. The van der Waals surface area contributed by atoms with Gasteiger partial charge in [-0.15, -0.1) is 0 Å². The molecule has 1 aromatic carbocycles. The van der Waals surface area contributed by atoms with Gasteiger partial charge in [0.25, 0.3) is 0 Å². The number of nitriles is 1. The van der Waals surface area contributed by atoms with E-state index in [1.54, 1.807) is 0 Å². The first-order valence-corrected chi connectivity index (χ1v) is 5.96. The van der Waals surface area contributed by atoms with E-state index in [0.717, 1.165) is 5.56 Å². The third-order valence-electron chi connectivity index (χ3n) is 2.69. The van der Waals surface area contributed by atoms with Gasteiger partial charge in [-0.25, -0.2) is 9.97 Å². The standard InChI is InChI=1S/C14H14N4O/c15-9-13-14(17-7-6-16-13)18-12(10-19)8-11-4-2-1-3-5-11/h1-7,12,19H,8,10H2,(H,17,18). The monoisotopic (exact) mass is 254 g/mol. The molecular formula is C14H14N4O. The molecule has 2 aromatic rings. The highest BCUT2D eigenvalue weighted by molar-refractivity contribution is 5.47. The van der Waals surface area contributed by atoms with Gasteiger partial charge in [0.1, 0.15) is 6.07 Å². The quantitative estimate of drug-likeness (QED) is 0.842. The molecule has 0 amide bonds. The SMILES string of the molecule is N#Cc1nccnc1NC(CO)Cc1ccccc1. The average Bonchev–Trinajstić information content (AvgIpc) is 2.48. The lowest BCUT2D eigenvalue weighted by molar-refractivity contribution is 0.273. The Morgan fingerprint density at radius 3 is 2.63 bits per heavy atom. The van der Waals surface area contributed by atoms with Crippen LogP contribution in [-0.4, -0.2) is 27.7 Å². The van der Waals surface area contributed by atoms with Crippen LogP contribution < -0.4 is 5.32 Å². The third kappa shape index (κ3) is 3.50. The molecule has 1 heterocycles. The predicted octanol–water partition coefficient (Wildman–Crippen LogP) is 1.36. The van der Waals surface area contributed by atoms with Crippen molar-refractivity contribution >= 4 is 5.82 Å². The molecule has 0 aliphatic carbocycles. The highest BCUT2D eigenvalue weighted by Gasteiger charge is 2.12. The molecule has 1 aromatic heterocycles. The van der Waals surface area contributed by atoms with Crippen LogP contribution in [0.2, 0.25) is 0 Å². The highest BCUT2D eigenvalue weighted by Crippen LogP contribution is 2.11. The Morgan fingerprint density at radius 2 is 1.95 bits per heavy atom. The van der Waals surface area contributed by atoms with Crippen molar-refractivity contribution in [2.75, 3.05) is 11.9 Å². The van der Waals surface area contributed by atoms with E-state index in [4.69, 9.17) is 5.26 Å². The van der Waals surface area contributed by atoms with Crippen LogP contribution in [0, 0.1) is 11.3 Å². The van der Waals surface area contributed by atoms with Crippen molar-refractivity contribution in [3.05, 3.63) is 54.0 Å². The van der Waals surface area contributed by atoms with Crippen LogP contribution in [0.4, 0.5) is 5.82 Å². The number of aliphatic hydroxyl groups excluding tert-OH is 1. The van der Waals surface area contributed by atoms with Crippen molar-refractivity contribution in [1.82, 2.24) is 9.97 Å². The number of hydrogen-bond acceptors (Lipinski definition) is 5. The molecule has 1 atom stereocenters. The second kappa shape index (κ2) is 6.47. The van der Waals surface area contributed by atoms with Crippen LogP contribution >= 0.6 is 0 Å². The van der Waals surface area contributed by atoms with E-state index in [1.807, 2.05) is 36.4 Å². The third-order valence-corrected chi connectivity index (χ3v) is 2.69. The Hall–Kier alpha value is -2.45. The first-order valence-electron chi connectivity index (χ1n) is 5.96. The van der Waals surface area contributed by atoms with Crippen molar-refractivity contribution in [3.8, 4) is 6.07 Å². The van der Waals surface area contributed by atoms with E-state index < -0.39 is 0 Å². The van der Waals surface area contributed by atoms with Gasteiger partial charge in [0.05, 0.1) is 12.6 Å². The Kier molecular flexibility index (Phi) is 4.43. The molecule has 19 heavy (non-hydrogen) atoms. The Labute approximate surface area is 111 Å². The summed E-state index contributed by atoms with van der Waals surface area (Å²) in [6.45, 7) is -0.0453. The predicted molar refractivity (Wildman–Crippen MR) is 71.4 cm³/mol. The minimum Gasteiger partial charge on any atom is -0.394 e. The molecule has 2 N–H and O–H groups in total. The van der Waals surface area contributed by atoms with E-state index in [2.05, 4.69) is 15.3 Å². The zero-order valence-electron chi connectivity index (χ0n) is 10.3. The summed E-state index contributed by atoms with van der Waals surface area (Å²) in [5, 5.41) is 21.4. The van der Waals surface area contributed by atoms with Gasteiger partial charge in [-0.3, -0.25) is 0 Å². The number of benzene rings is 1. The first-order chi connectivity index (χ1) is 9.33. The smallest absolute Gasteiger partial charge is 0.182 e. The van der Waals surface area contributed by atoms with Gasteiger partial charge < -0.3 is 10.4 Å². The fourth-order valence-electron chi connectivity index (χ4n) is 1.78. The summed E-state index contributed by atoms with van der Waals surface area (Å²) in [5.41, 5.74) is 1.34. The van der Waals surface area contributed by atoms with Crippen LogP contribution in [0.3, 0.4) is 0 Å². The number of hydrogen-bond donors (Lipinski definition) is 2. The largest absolute Gasteiger partial charge is 0.394 e. The van der Waals surface area contributed by atoms with Gasteiger partial charge >= 0.3 is 0 Å². The molecule has 0 aliphatic rings. The summed E-state index contributed by atoms with van der Waals surface area (Å²) in [6, 6.07) is 11.6. The van der Waals surface area contributed by atoms with Crippen LogP contribution in [0.25, 0.3) is 0 Å². The lowest BCUT2D eigenvalue weighted by atomic mass is 10.1. The summed E-state index contributed by atoms with van der Waals surface area (Å²) >= 11 is 0. The van der Waals surface area contributed by atoms with Crippen molar-refractivity contribution in [3.63, 3.8) is 0 Å². The van der Waals surface area contributed by atoms with Crippen molar-refractivity contribution in [2.24, 2.45) is 0 Å². The molecule has 0 fully saturated rings. The van der Waals surface area contributed by atoms with E-state index in [9.17, 15) is 5.11 Å². The maximum absolute atomic E-state index is 9.42. The fourth-order valence-corrected chi connectivity index (χ4v) is 1.78. The molecule has 0 bridgehead atoms. The molecule has 2 rings (SSSR count). The number of aliphatic hydroxyl groups is 1. The molecule has 96 valence electrons. The molecule has 1 unspecified atom stereocenters. The number of aromatic nitrogens is 2. The minimum atomic E-state index is -0.203. The normalized spacial score (nSPS) is 11.6. The summed E-state index contributed by atoms with van der Waals surface area (Å²) in [5.74, 6) is 0.403. The molecule has 5 nitrogen and oxygen atoms in total.